The van der Waals surface area contributed by atoms with Crippen LogP contribution in [0.2, 0.25) is 10.0 Å². The molecule has 0 saturated heterocycles. The molecule has 96 valence electrons. The van der Waals surface area contributed by atoms with Crippen LogP contribution in [-0.4, -0.2) is 23.3 Å². The third-order valence-electron chi connectivity index (χ3n) is 2.40. The summed E-state index contributed by atoms with van der Waals surface area (Å²) >= 11 is 11.8. The predicted octanol–water partition coefficient (Wildman–Crippen LogP) is 3.20. The number of benzene rings is 1. The first-order valence-corrected chi connectivity index (χ1v) is 6.45. The van der Waals surface area contributed by atoms with Crippen molar-refractivity contribution in [2.75, 3.05) is 13.1 Å². The molecule has 0 spiro atoms. The predicted molar refractivity (Wildman–Crippen MR) is 72.0 cm³/mol. The zero-order chi connectivity index (χ0) is 13.0. The Hall–Kier alpha value is -1.10. The molecule has 1 aromatic carbocycles. The van der Waals surface area contributed by atoms with Crippen molar-refractivity contribution in [2.45, 2.75) is 13.3 Å². The van der Waals surface area contributed by atoms with Gasteiger partial charge in [-0.3, -0.25) is 0 Å². The molecular formula is C12H13Cl2N3O. The van der Waals surface area contributed by atoms with Gasteiger partial charge in [0.2, 0.25) is 11.8 Å². The van der Waals surface area contributed by atoms with Gasteiger partial charge in [0.05, 0.1) is 10.0 Å². The van der Waals surface area contributed by atoms with Gasteiger partial charge in [0.1, 0.15) is 0 Å². The topological polar surface area (TPSA) is 51.0 Å². The summed E-state index contributed by atoms with van der Waals surface area (Å²) in [6, 6.07) is 5.23. The summed E-state index contributed by atoms with van der Waals surface area (Å²) in [5, 5.41) is 12.1. The average molecular weight is 286 g/mol. The molecule has 2 rings (SSSR count). The molecule has 0 aliphatic rings. The van der Waals surface area contributed by atoms with Gasteiger partial charge < -0.3 is 9.73 Å². The summed E-state index contributed by atoms with van der Waals surface area (Å²) in [7, 11) is 0. The fourth-order valence-corrected chi connectivity index (χ4v) is 1.77. The molecule has 0 fully saturated rings. The molecule has 1 aromatic heterocycles. The van der Waals surface area contributed by atoms with Crippen molar-refractivity contribution in [3.8, 4) is 11.5 Å². The standard InChI is InChI=1S/C12H13Cl2N3O/c1-2-15-6-5-11-16-17-12(18-11)8-3-4-9(13)10(14)7-8/h3-4,7,15H,2,5-6H2,1H3. The quantitative estimate of drug-likeness (QED) is 0.858. The van der Waals surface area contributed by atoms with Crippen LogP contribution < -0.4 is 5.32 Å². The SMILES string of the molecule is CCNCCc1nnc(-c2ccc(Cl)c(Cl)c2)o1. The van der Waals surface area contributed by atoms with E-state index in [-0.39, 0.29) is 0 Å². The average Bonchev–Trinajstić information content (AvgIpc) is 2.82. The molecule has 4 nitrogen and oxygen atoms in total. The van der Waals surface area contributed by atoms with Crippen molar-refractivity contribution >= 4 is 23.2 Å². The number of likely N-dealkylation sites (N-methyl/N-ethyl adjacent to an activating group) is 1. The number of nitrogens with zero attached hydrogens (tertiary/aromatic N) is 2. The number of rotatable bonds is 5. The van der Waals surface area contributed by atoms with Crippen LogP contribution in [0.5, 0.6) is 0 Å². The lowest BCUT2D eigenvalue weighted by molar-refractivity contribution is 0.496. The molecule has 0 saturated carbocycles. The first kappa shape index (κ1) is 13.3. The number of aromatic nitrogens is 2. The molecular weight excluding hydrogens is 273 g/mol. The van der Waals surface area contributed by atoms with Gasteiger partial charge >= 0.3 is 0 Å². The molecule has 0 bridgehead atoms. The third-order valence-corrected chi connectivity index (χ3v) is 3.14. The summed E-state index contributed by atoms with van der Waals surface area (Å²) < 4.78 is 5.55. The van der Waals surface area contributed by atoms with Crippen LogP contribution in [0.25, 0.3) is 11.5 Å². The number of hydrogen-bond donors (Lipinski definition) is 1. The molecule has 0 aliphatic carbocycles. The lowest BCUT2D eigenvalue weighted by Gasteiger charge is -1.98. The molecule has 0 atom stereocenters. The Morgan fingerprint density at radius 3 is 2.78 bits per heavy atom. The summed E-state index contributed by atoms with van der Waals surface area (Å²) in [5.41, 5.74) is 0.770. The Balaban J connectivity index is 2.11. The number of hydrogen-bond acceptors (Lipinski definition) is 4. The maximum absolute atomic E-state index is 5.94. The van der Waals surface area contributed by atoms with Crippen LogP contribution in [0.1, 0.15) is 12.8 Å². The molecule has 2 aromatic rings. The summed E-state index contributed by atoms with van der Waals surface area (Å²) in [4.78, 5) is 0. The first-order chi connectivity index (χ1) is 8.70. The van der Waals surface area contributed by atoms with Gasteiger partial charge in [-0.25, -0.2) is 0 Å². The van der Waals surface area contributed by atoms with Gasteiger partial charge in [-0.2, -0.15) is 0 Å². The lowest BCUT2D eigenvalue weighted by Crippen LogP contribution is -2.16. The van der Waals surface area contributed by atoms with Crippen LogP contribution in [-0.2, 0) is 6.42 Å². The van der Waals surface area contributed by atoms with Gasteiger partial charge in [-0.15, -0.1) is 10.2 Å². The van der Waals surface area contributed by atoms with Gasteiger partial charge in [-0.1, -0.05) is 30.1 Å². The second-order valence-corrected chi connectivity index (χ2v) is 4.55. The van der Waals surface area contributed by atoms with Crippen molar-refractivity contribution in [1.82, 2.24) is 15.5 Å². The second kappa shape index (κ2) is 6.18. The minimum atomic E-state index is 0.458. The normalized spacial score (nSPS) is 10.8. The highest BCUT2D eigenvalue weighted by Crippen LogP contribution is 2.27. The second-order valence-electron chi connectivity index (χ2n) is 3.73. The third kappa shape index (κ3) is 3.22. The van der Waals surface area contributed by atoms with E-state index in [0.29, 0.717) is 28.2 Å². The minimum absolute atomic E-state index is 0.458. The molecule has 0 radical (unpaired) electrons. The van der Waals surface area contributed by atoms with E-state index in [1.165, 1.54) is 0 Å². The Kier molecular flexibility index (Phi) is 4.58. The van der Waals surface area contributed by atoms with Crippen molar-refractivity contribution in [3.05, 3.63) is 34.1 Å². The molecule has 0 unspecified atom stereocenters. The van der Waals surface area contributed by atoms with Crippen LogP contribution in [0.3, 0.4) is 0 Å². The van der Waals surface area contributed by atoms with Crippen LogP contribution >= 0.6 is 23.2 Å². The molecule has 1 N–H and O–H groups in total. The Bertz CT molecular complexity index is 528. The number of halogens is 2. The molecule has 1 heterocycles. The zero-order valence-electron chi connectivity index (χ0n) is 9.91. The van der Waals surface area contributed by atoms with Gasteiger partial charge in [0, 0.05) is 18.5 Å². The Morgan fingerprint density at radius 2 is 2.06 bits per heavy atom. The van der Waals surface area contributed by atoms with Crippen LogP contribution in [0.15, 0.2) is 22.6 Å². The van der Waals surface area contributed by atoms with E-state index in [2.05, 4.69) is 22.4 Å². The van der Waals surface area contributed by atoms with Crippen molar-refractivity contribution < 1.29 is 4.42 Å². The van der Waals surface area contributed by atoms with E-state index in [4.69, 9.17) is 27.6 Å². The smallest absolute Gasteiger partial charge is 0.247 e. The van der Waals surface area contributed by atoms with E-state index >= 15 is 0 Å². The van der Waals surface area contributed by atoms with Gasteiger partial charge in [0.25, 0.3) is 0 Å². The van der Waals surface area contributed by atoms with E-state index in [0.717, 1.165) is 18.7 Å². The highest BCUT2D eigenvalue weighted by Gasteiger charge is 2.09. The van der Waals surface area contributed by atoms with E-state index in [9.17, 15) is 0 Å². The van der Waals surface area contributed by atoms with Crippen molar-refractivity contribution in [2.24, 2.45) is 0 Å². The molecule has 0 amide bonds. The Morgan fingerprint density at radius 1 is 1.22 bits per heavy atom. The number of nitrogens with one attached hydrogen (secondary N) is 1. The van der Waals surface area contributed by atoms with Crippen molar-refractivity contribution in [3.63, 3.8) is 0 Å². The van der Waals surface area contributed by atoms with Crippen LogP contribution in [0, 0.1) is 0 Å². The van der Waals surface area contributed by atoms with Gasteiger partial charge in [0.15, 0.2) is 0 Å². The minimum Gasteiger partial charge on any atom is -0.421 e. The van der Waals surface area contributed by atoms with Crippen LogP contribution in [0.4, 0.5) is 0 Å². The maximum atomic E-state index is 5.94. The van der Waals surface area contributed by atoms with Gasteiger partial charge in [-0.05, 0) is 24.7 Å². The summed E-state index contributed by atoms with van der Waals surface area (Å²) in [5.74, 6) is 1.07. The zero-order valence-corrected chi connectivity index (χ0v) is 11.4. The monoisotopic (exact) mass is 285 g/mol. The fourth-order valence-electron chi connectivity index (χ4n) is 1.47. The summed E-state index contributed by atoms with van der Waals surface area (Å²) in [6.45, 7) is 3.79. The lowest BCUT2D eigenvalue weighted by atomic mass is 10.2. The van der Waals surface area contributed by atoms with E-state index in [1.807, 2.05) is 0 Å². The van der Waals surface area contributed by atoms with E-state index < -0.39 is 0 Å². The maximum Gasteiger partial charge on any atom is 0.247 e. The van der Waals surface area contributed by atoms with Crippen molar-refractivity contribution in [1.29, 1.82) is 0 Å². The summed E-state index contributed by atoms with van der Waals surface area (Å²) in [6.07, 6.45) is 0.710. The largest absolute Gasteiger partial charge is 0.421 e. The first-order valence-electron chi connectivity index (χ1n) is 5.69. The highest BCUT2D eigenvalue weighted by atomic mass is 35.5. The molecule has 6 heteroatoms. The Labute approximate surface area is 115 Å². The highest BCUT2D eigenvalue weighted by molar-refractivity contribution is 6.42. The molecule has 0 aliphatic heterocycles. The van der Waals surface area contributed by atoms with E-state index in [1.54, 1.807) is 18.2 Å². The fraction of sp³-hybridized carbons (Fsp3) is 0.333. The molecule has 18 heavy (non-hydrogen) atoms.